The first-order valence-corrected chi connectivity index (χ1v) is 8.74. The van der Waals surface area contributed by atoms with Crippen LogP contribution in [-0.4, -0.2) is 37.5 Å². The van der Waals surface area contributed by atoms with E-state index < -0.39 is 27.8 Å². The molecule has 1 atom stereocenters. The number of nitrogens with one attached hydrogen (secondary N) is 1. The summed E-state index contributed by atoms with van der Waals surface area (Å²) in [5.74, 6) is -1.01. The topological polar surface area (TPSA) is 66.5 Å². The number of sulfonamides is 1. The molecule has 0 radical (unpaired) electrons. The maximum absolute atomic E-state index is 13.1. The molecular weight excluding hydrogens is 319 g/mol. The van der Waals surface area contributed by atoms with E-state index in [4.69, 9.17) is 11.6 Å². The fraction of sp³-hybridized carbons (Fsp3) is 0.462. The SMILES string of the molecule is CS(=O)(=O)N1CCCC[C@H]1C(=O)Nc1ccc(F)c(Cl)c1. The largest absolute Gasteiger partial charge is 0.325 e. The molecule has 1 aromatic carbocycles. The maximum atomic E-state index is 13.1. The van der Waals surface area contributed by atoms with Crippen LogP contribution in [0.1, 0.15) is 19.3 Å². The summed E-state index contributed by atoms with van der Waals surface area (Å²) in [6, 6.07) is 3.08. The second kappa shape index (κ2) is 6.29. The Bertz CT molecular complexity index is 651. The molecule has 1 aliphatic heterocycles. The van der Waals surface area contributed by atoms with Crippen molar-refractivity contribution in [3.8, 4) is 0 Å². The van der Waals surface area contributed by atoms with Crippen LogP contribution >= 0.6 is 11.6 Å². The first kappa shape index (κ1) is 16.2. The quantitative estimate of drug-likeness (QED) is 0.921. The van der Waals surface area contributed by atoms with Crippen LogP contribution in [0.15, 0.2) is 18.2 Å². The van der Waals surface area contributed by atoms with Gasteiger partial charge in [0.25, 0.3) is 0 Å². The molecule has 21 heavy (non-hydrogen) atoms. The van der Waals surface area contributed by atoms with E-state index in [-0.39, 0.29) is 5.02 Å². The van der Waals surface area contributed by atoms with Gasteiger partial charge in [0.05, 0.1) is 11.3 Å². The van der Waals surface area contributed by atoms with Gasteiger partial charge in [-0.05, 0) is 31.0 Å². The molecular formula is C13H16ClFN2O3S. The Kier molecular flexibility index (Phi) is 4.85. The predicted molar refractivity (Wildman–Crippen MR) is 79.2 cm³/mol. The number of anilines is 1. The average molecular weight is 335 g/mol. The molecule has 1 aliphatic rings. The Morgan fingerprint density at radius 2 is 2.14 bits per heavy atom. The van der Waals surface area contributed by atoms with Crippen molar-refractivity contribution in [3.63, 3.8) is 0 Å². The minimum atomic E-state index is -3.44. The Balaban J connectivity index is 2.16. The van der Waals surface area contributed by atoms with Gasteiger partial charge in [-0.3, -0.25) is 4.79 Å². The van der Waals surface area contributed by atoms with Crippen LogP contribution in [0.3, 0.4) is 0 Å². The van der Waals surface area contributed by atoms with E-state index in [1.807, 2.05) is 0 Å². The summed E-state index contributed by atoms with van der Waals surface area (Å²) >= 11 is 5.65. The van der Waals surface area contributed by atoms with Crippen LogP contribution in [0.5, 0.6) is 0 Å². The lowest BCUT2D eigenvalue weighted by Gasteiger charge is -2.32. The smallest absolute Gasteiger partial charge is 0.242 e. The van der Waals surface area contributed by atoms with Gasteiger partial charge >= 0.3 is 0 Å². The molecule has 0 spiro atoms. The number of amides is 1. The van der Waals surface area contributed by atoms with E-state index in [0.717, 1.165) is 25.2 Å². The van der Waals surface area contributed by atoms with Crippen LogP contribution in [-0.2, 0) is 14.8 Å². The Hall–Kier alpha value is -1.18. The van der Waals surface area contributed by atoms with Gasteiger partial charge in [0.2, 0.25) is 15.9 Å². The molecule has 1 amide bonds. The number of hydrogen-bond donors (Lipinski definition) is 1. The Labute approximate surface area is 128 Å². The van der Waals surface area contributed by atoms with Crippen molar-refractivity contribution in [1.82, 2.24) is 4.31 Å². The predicted octanol–water partition coefficient (Wildman–Crippen LogP) is 2.23. The minimum absolute atomic E-state index is 0.101. The molecule has 0 unspecified atom stereocenters. The van der Waals surface area contributed by atoms with Crippen LogP contribution in [0, 0.1) is 5.82 Å². The van der Waals surface area contributed by atoms with Crippen molar-refractivity contribution in [3.05, 3.63) is 29.0 Å². The standard InChI is InChI=1S/C13H16ClFN2O3S/c1-21(19,20)17-7-3-2-4-12(17)13(18)16-9-5-6-11(15)10(14)8-9/h5-6,8,12H,2-4,7H2,1H3,(H,16,18)/t12-/m0/s1. The van der Waals surface area contributed by atoms with Crippen LogP contribution in [0.2, 0.25) is 5.02 Å². The lowest BCUT2D eigenvalue weighted by Crippen LogP contribution is -2.49. The first-order chi connectivity index (χ1) is 9.79. The highest BCUT2D eigenvalue weighted by Gasteiger charge is 2.34. The first-order valence-electron chi connectivity index (χ1n) is 6.52. The summed E-state index contributed by atoms with van der Waals surface area (Å²) in [6.45, 7) is 0.334. The maximum Gasteiger partial charge on any atom is 0.242 e. The molecule has 1 fully saturated rings. The number of nitrogens with zero attached hydrogens (tertiary/aromatic N) is 1. The Morgan fingerprint density at radius 3 is 2.76 bits per heavy atom. The summed E-state index contributed by atoms with van der Waals surface area (Å²) in [5.41, 5.74) is 0.338. The molecule has 1 N–H and O–H groups in total. The number of halogens is 2. The van der Waals surface area contributed by atoms with E-state index in [9.17, 15) is 17.6 Å². The third-order valence-electron chi connectivity index (χ3n) is 3.37. The molecule has 1 aromatic rings. The molecule has 2 rings (SSSR count). The van der Waals surface area contributed by atoms with E-state index >= 15 is 0 Å². The molecule has 1 heterocycles. The third-order valence-corrected chi connectivity index (χ3v) is 4.95. The van der Waals surface area contributed by atoms with Crippen LogP contribution in [0.25, 0.3) is 0 Å². The van der Waals surface area contributed by atoms with E-state index in [2.05, 4.69) is 5.32 Å². The third kappa shape index (κ3) is 3.93. The zero-order chi connectivity index (χ0) is 15.6. The van der Waals surface area contributed by atoms with Crippen LogP contribution in [0.4, 0.5) is 10.1 Å². The van der Waals surface area contributed by atoms with Crippen molar-refractivity contribution >= 4 is 33.2 Å². The fourth-order valence-corrected chi connectivity index (χ4v) is 3.67. The molecule has 0 aromatic heterocycles. The molecule has 0 saturated carbocycles. The average Bonchev–Trinajstić information content (AvgIpc) is 2.42. The zero-order valence-corrected chi connectivity index (χ0v) is 13.0. The highest BCUT2D eigenvalue weighted by Crippen LogP contribution is 2.23. The highest BCUT2D eigenvalue weighted by molar-refractivity contribution is 7.88. The number of piperidine rings is 1. The number of hydrogen-bond acceptors (Lipinski definition) is 3. The molecule has 1 saturated heterocycles. The zero-order valence-electron chi connectivity index (χ0n) is 11.5. The summed E-state index contributed by atoms with van der Waals surface area (Å²) < 4.78 is 37.7. The van der Waals surface area contributed by atoms with Crippen molar-refractivity contribution in [2.24, 2.45) is 0 Å². The Morgan fingerprint density at radius 1 is 1.43 bits per heavy atom. The van der Waals surface area contributed by atoms with Gasteiger partial charge in [-0.15, -0.1) is 0 Å². The summed E-state index contributed by atoms with van der Waals surface area (Å²) in [6.07, 6.45) is 3.08. The number of benzene rings is 1. The minimum Gasteiger partial charge on any atom is -0.325 e. The van der Waals surface area contributed by atoms with Crippen LogP contribution < -0.4 is 5.32 Å². The number of rotatable bonds is 3. The molecule has 0 bridgehead atoms. The fourth-order valence-electron chi connectivity index (χ4n) is 2.36. The molecule has 8 heteroatoms. The summed E-state index contributed by atoms with van der Waals surface area (Å²) in [5, 5.41) is 2.49. The highest BCUT2D eigenvalue weighted by atomic mass is 35.5. The number of carbonyl (C=O) groups is 1. The van der Waals surface area contributed by atoms with Gasteiger partial charge in [0, 0.05) is 12.2 Å². The van der Waals surface area contributed by atoms with E-state index in [1.54, 1.807) is 0 Å². The van der Waals surface area contributed by atoms with Gasteiger partial charge in [0.15, 0.2) is 0 Å². The monoisotopic (exact) mass is 334 g/mol. The van der Waals surface area contributed by atoms with E-state index in [1.165, 1.54) is 16.4 Å². The normalized spacial score (nSPS) is 20.2. The van der Waals surface area contributed by atoms with Gasteiger partial charge in [0.1, 0.15) is 11.9 Å². The van der Waals surface area contributed by atoms with Gasteiger partial charge in [-0.1, -0.05) is 18.0 Å². The van der Waals surface area contributed by atoms with Gasteiger partial charge in [-0.25, -0.2) is 12.8 Å². The van der Waals surface area contributed by atoms with Gasteiger partial charge in [-0.2, -0.15) is 4.31 Å². The summed E-state index contributed by atoms with van der Waals surface area (Å²) in [4.78, 5) is 12.3. The second-order valence-electron chi connectivity index (χ2n) is 5.00. The second-order valence-corrected chi connectivity index (χ2v) is 7.35. The van der Waals surface area contributed by atoms with Crippen molar-refractivity contribution in [1.29, 1.82) is 0 Å². The lowest BCUT2D eigenvalue weighted by molar-refractivity contribution is -0.120. The lowest BCUT2D eigenvalue weighted by atomic mass is 10.0. The van der Waals surface area contributed by atoms with Crippen molar-refractivity contribution in [2.75, 3.05) is 18.1 Å². The van der Waals surface area contributed by atoms with E-state index in [0.29, 0.717) is 18.7 Å². The van der Waals surface area contributed by atoms with Crippen molar-refractivity contribution < 1.29 is 17.6 Å². The van der Waals surface area contributed by atoms with Gasteiger partial charge < -0.3 is 5.32 Å². The molecule has 116 valence electrons. The van der Waals surface area contributed by atoms with Crippen molar-refractivity contribution in [2.45, 2.75) is 25.3 Å². The molecule has 0 aliphatic carbocycles. The molecule has 5 nitrogen and oxygen atoms in total. The number of carbonyl (C=O) groups excluding carboxylic acids is 1. The summed E-state index contributed by atoms with van der Waals surface area (Å²) in [7, 11) is -3.44.